The number of nitrogens with zero attached hydrogens (tertiary/aromatic N) is 6. The zero-order chi connectivity index (χ0) is 14.8. The first-order valence-electron chi connectivity index (χ1n) is 7.12. The van der Waals surface area contributed by atoms with Gasteiger partial charge in [-0.05, 0) is 25.7 Å². The Morgan fingerprint density at radius 1 is 1.24 bits per heavy atom. The van der Waals surface area contributed by atoms with E-state index in [0.717, 1.165) is 50.5 Å². The number of aromatic nitrogens is 4. The van der Waals surface area contributed by atoms with Crippen molar-refractivity contribution >= 4 is 28.5 Å². The van der Waals surface area contributed by atoms with Crippen LogP contribution in [0, 0.1) is 0 Å². The van der Waals surface area contributed by atoms with Gasteiger partial charge < -0.3 is 9.80 Å². The number of piperazine rings is 1. The van der Waals surface area contributed by atoms with Crippen LogP contribution in [-0.4, -0.2) is 83.3 Å². The predicted octanol–water partition coefficient (Wildman–Crippen LogP) is 0.690. The molecule has 0 spiro atoms. The maximum atomic E-state index is 6.00. The molecular weight excluding hydrogens is 290 g/mol. The van der Waals surface area contributed by atoms with E-state index in [9.17, 15) is 0 Å². The molecule has 0 saturated carbocycles. The number of hydrogen-bond acceptors (Lipinski definition) is 6. The molecule has 0 aliphatic carbocycles. The Morgan fingerprint density at radius 3 is 2.71 bits per heavy atom. The second-order valence-corrected chi connectivity index (χ2v) is 5.92. The van der Waals surface area contributed by atoms with Crippen molar-refractivity contribution in [2.24, 2.45) is 0 Å². The molecule has 0 aromatic carbocycles. The lowest BCUT2D eigenvalue weighted by atomic mass is 10.2. The van der Waals surface area contributed by atoms with Crippen molar-refractivity contribution in [2.75, 3.05) is 58.3 Å². The Morgan fingerprint density at radius 2 is 2.00 bits per heavy atom. The molecule has 0 bridgehead atoms. The number of aromatic amines is 1. The number of fused-ring (bicyclic) bond motifs is 1. The van der Waals surface area contributed by atoms with Crippen LogP contribution >= 0.6 is 11.6 Å². The highest BCUT2D eigenvalue weighted by atomic mass is 35.5. The summed E-state index contributed by atoms with van der Waals surface area (Å²) < 4.78 is 0. The van der Waals surface area contributed by atoms with Gasteiger partial charge in [-0.25, -0.2) is 0 Å². The third kappa shape index (κ3) is 3.25. The molecule has 0 radical (unpaired) electrons. The van der Waals surface area contributed by atoms with E-state index in [1.165, 1.54) is 0 Å². The van der Waals surface area contributed by atoms with Gasteiger partial charge in [0, 0.05) is 39.3 Å². The van der Waals surface area contributed by atoms with Crippen LogP contribution in [0.3, 0.4) is 0 Å². The normalized spacial score (nSPS) is 17.0. The minimum Gasteiger partial charge on any atom is -0.353 e. The van der Waals surface area contributed by atoms with Crippen LogP contribution in [0.1, 0.15) is 0 Å². The lowest BCUT2D eigenvalue weighted by Crippen LogP contribution is -2.48. The molecule has 114 valence electrons. The molecule has 3 heterocycles. The second kappa shape index (κ2) is 6.13. The van der Waals surface area contributed by atoms with Crippen LogP contribution in [0.4, 0.5) is 5.82 Å². The van der Waals surface area contributed by atoms with Gasteiger partial charge in [-0.2, -0.15) is 15.1 Å². The summed E-state index contributed by atoms with van der Waals surface area (Å²) in [4.78, 5) is 15.5. The summed E-state index contributed by atoms with van der Waals surface area (Å²) in [5.41, 5.74) is 0.694. The molecule has 0 amide bonds. The molecule has 7 nitrogen and oxygen atoms in total. The quantitative estimate of drug-likeness (QED) is 0.839. The molecule has 0 atom stereocenters. The number of H-pyrrole nitrogens is 1. The Kier molecular flexibility index (Phi) is 4.23. The lowest BCUT2D eigenvalue weighted by molar-refractivity contribution is 0.229. The second-order valence-electron chi connectivity index (χ2n) is 5.58. The molecule has 21 heavy (non-hydrogen) atoms. The van der Waals surface area contributed by atoms with Gasteiger partial charge in [-0.15, -0.1) is 0 Å². The van der Waals surface area contributed by atoms with Crippen molar-refractivity contribution in [3.8, 4) is 0 Å². The molecule has 8 heteroatoms. The van der Waals surface area contributed by atoms with Crippen molar-refractivity contribution in [1.82, 2.24) is 30.0 Å². The Hall–Kier alpha value is -1.44. The van der Waals surface area contributed by atoms with Crippen molar-refractivity contribution < 1.29 is 0 Å². The summed E-state index contributed by atoms with van der Waals surface area (Å²) in [6, 6.07) is 0. The van der Waals surface area contributed by atoms with Crippen molar-refractivity contribution in [3.05, 3.63) is 11.5 Å². The molecule has 1 N–H and O–H groups in total. The standard InChI is InChI=1S/C13H20ClN7/c1-19(2)3-4-20-5-7-21(8-6-20)12-10-9-15-18-11(10)16-13(14)17-12/h9H,3-8H2,1-2H3,(H,15,16,17,18). The van der Waals surface area contributed by atoms with Gasteiger partial charge in [-0.1, -0.05) is 0 Å². The van der Waals surface area contributed by atoms with E-state index in [2.05, 4.69) is 49.0 Å². The maximum Gasteiger partial charge on any atom is 0.226 e. The molecule has 3 rings (SSSR count). The van der Waals surface area contributed by atoms with Crippen LogP contribution in [-0.2, 0) is 0 Å². The van der Waals surface area contributed by atoms with Crippen LogP contribution in [0.25, 0.3) is 11.0 Å². The fourth-order valence-electron chi connectivity index (χ4n) is 2.56. The average Bonchev–Trinajstić information content (AvgIpc) is 2.93. The number of rotatable bonds is 4. The summed E-state index contributed by atoms with van der Waals surface area (Å²) >= 11 is 6.00. The van der Waals surface area contributed by atoms with E-state index in [4.69, 9.17) is 11.6 Å². The molecule has 1 fully saturated rings. The monoisotopic (exact) mass is 309 g/mol. The Bertz CT molecular complexity index is 604. The summed E-state index contributed by atoms with van der Waals surface area (Å²) in [6.45, 7) is 6.16. The molecule has 1 saturated heterocycles. The topological polar surface area (TPSA) is 64.2 Å². The molecule has 1 aliphatic rings. The molecular formula is C13H20ClN7. The van der Waals surface area contributed by atoms with Crippen molar-refractivity contribution in [3.63, 3.8) is 0 Å². The number of likely N-dealkylation sites (N-methyl/N-ethyl adjacent to an activating group) is 1. The van der Waals surface area contributed by atoms with E-state index >= 15 is 0 Å². The van der Waals surface area contributed by atoms with Crippen LogP contribution in [0.5, 0.6) is 0 Å². The molecule has 1 aliphatic heterocycles. The maximum absolute atomic E-state index is 6.00. The third-order valence-electron chi connectivity index (χ3n) is 3.80. The van der Waals surface area contributed by atoms with Crippen LogP contribution in [0.2, 0.25) is 5.28 Å². The summed E-state index contributed by atoms with van der Waals surface area (Å²) in [5, 5.41) is 8.08. The van der Waals surface area contributed by atoms with Gasteiger partial charge >= 0.3 is 0 Å². The average molecular weight is 310 g/mol. The van der Waals surface area contributed by atoms with Gasteiger partial charge in [0.1, 0.15) is 5.82 Å². The highest BCUT2D eigenvalue weighted by Crippen LogP contribution is 2.24. The summed E-state index contributed by atoms with van der Waals surface area (Å²) in [6.07, 6.45) is 1.76. The van der Waals surface area contributed by atoms with Crippen molar-refractivity contribution in [1.29, 1.82) is 0 Å². The lowest BCUT2D eigenvalue weighted by Gasteiger charge is -2.36. The first-order chi connectivity index (χ1) is 10.1. The van der Waals surface area contributed by atoms with Gasteiger partial charge in [0.2, 0.25) is 5.28 Å². The van der Waals surface area contributed by atoms with Gasteiger partial charge in [0.05, 0.1) is 11.6 Å². The number of halogens is 1. The number of nitrogens with one attached hydrogen (secondary N) is 1. The van der Waals surface area contributed by atoms with Crippen LogP contribution in [0.15, 0.2) is 6.20 Å². The highest BCUT2D eigenvalue weighted by molar-refractivity contribution is 6.28. The van der Waals surface area contributed by atoms with Gasteiger partial charge in [0.15, 0.2) is 5.65 Å². The van der Waals surface area contributed by atoms with E-state index < -0.39 is 0 Å². The fraction of sp³-hybridized carbons (Fsp3) is 0.615. The third-order valence-corrected chi connectivity index (χ3v) is 3.97. The zero-order valence-electron chi connectivity index (χ0n) is 12.4. The number of hydrogen-bond donors (Lipinski definition) is 1. The minimum absolute atomic E-state index is 0.261. The van der Waals surface area contributed by atoms with Gasteiger partial charge in [-0.3, -0.25) is 10.00 Å². The minimum atomic E-state index is 0.261. The van der Waals surface area contributed by atoms with E-state index in [0.29, 0.717) is 5.65 Å². The summed E-state index contributed by atoms with van der Waals surface area (Å²) in [5.74, 6) is 0.881. The fourth-order valence-corrected chi connectivity index (χ4v) is 2.72. The van der Waals surface area contributed by atoms with E-state index in [-0.39, 0.29) is 5.28 Å². The first-order valence-corrected chi connectivity index (χ1v) is 7.50. The van der Waals surface area contributed by atoms with Gasteiger partial charge in [0.25, 0.3) is 0 Å². The number of anilines is 1. The van der Waals surface area contributed by atoms with Crippen molar-refractivity contribution in [2.45, 2.75) is 0 Å². The largest absolute Gasteiger partial charge is 0.353 e. The molecule has 0 unspecified atom stereocenters. The van der Waals surface area contributed by atoms with E-state index in [1.54, 1.807) is 6.20 Å². The Balaban J connectivity index is 1.69. The van der Waals surface area contributed by atoms with Crippen LogP contribution < -0.4 is 4.90 Å². The predicted molar refractivity (Wildman–Crippen MR) is 83.9 cm³/mol. The zero-order valence-corrected chi connectivity index (χ0v) is 13.1. The molecule has 2 aromatic rings. The summed E-state index contributed by atoms with van der Waals surface area (Å²) in [7, 11) is 4.21. The smallest absolute Gasteiger partial charge is 0.226 e. The highest BCUT2D eigenvalue weighted by Gasteiger charge is 2.21. The Labute approximate surface area is 128 Å². The van der Waals surface area contributed by atoms with E-state index in [1.807, 2.05) is 0 Å². The first kappa shape index (κ1) is 14.5. The molecule has 2 aromatic heterocycles. The SMILES string of the molecule is CN(C)CCN1CCN(c2nc(Cl)nc3[nH]ncc23)CC1.